The molecule has 0 radical (unpaired) electrons. The van der Waals surface area contributed by atoms with Gasteiger partial charge in [0.15, 0.2) is 0 Å². The fourth-order valence-corrected chi connectivity index (χ4v) is 5.73. The normalized spacial score (nSPS) is 15.8. The van der Waals surface area contributed by atoms with Crippen LogP contribution in [0.5, 0.6) is 0 Å². The number of benzene rings is 2. The smallest absolute Gasteiger partial charge is 0.419 e. The maximum Gasteiger partial charge on any atom is 0.419 e. The predicted octanol–water partition coefficient (Wildman–Crippen LogP) is 6.38. The monoisotopic (exact) mass is 522 g/mol. The molecule has 7 heteroatoms. The van der Waals surface area contributed by atoms with E-state index in [1.54, 1.807) is 17.0 Å². The van der Waals surface area contributed by atoms with Gasteiger partial charge in [0.25, 0.3) is 5.91 Å². The second-order valence-corrected chi connectivity index (χ2v) is 11.6. The van der Waals surface area contributed by atoms with E-state index in [9.17, 15) is 9.59 Å². The summed E-state index contributed by atoms with van der Waals surface area (Å²) in [5.41, 5.74) is 6.16. The minimum absolute atomic E-state index is 0.131. The molecule has 0 spiro atoms. The van der Waals surface area contributed by atoms with Crippen LogP contribution in [-0.2, 0) is 17.8 Å². The third-order valence-electron chi connectivity index (χ3n) is 7.47. The molecule has 1 saturated heterocycles. The average Bonchev–Trinajstić information content (AvgIpc) is 3.49. The van der Waals surface area contributed by atoms with E-state index in [-0.39, 0.29) is 5.91 Å². The van der Waals surface area contributed by atoms with E-state index >= 15 is 0 Å². The number of likely N-dealkylation sites (tertiary alicyclic amines) is 1. The van der Waals surface area contributed by atoms with E-state index < -0.39 is 11.7 Å². The highest BCUT2D eigenvalue weighted by molar-refractivity contribution is 6.07. The molecule has 0 saturated carbocycles. The number of carbonyl (C=O) groups excluding carboxylic acids is 2. The number of rotatable bonds is 4. The van der Waals surface area contributed by atoms with Gasteiger partial charge < -0.3 is 10.1 Å². The SMILES string of the molecule is CC(C)(C)OC(=O)n1c(-c2cc(-c3ccncc3)cc3c2C(=O)NC3)cc2cc(CN3CCCCC3)ccc21. The van der Waals surface area contributed by atoms with E-state index in [4.69, 9.17) is 4.74 Å². The maximum absolute atomic E-state index is 13.7. The largest absolute Gasteiger partial charge is 0.443 e. The summed E-state index contributed by atoms with van der Waals surface area (Å²) in [6.07, 6.45) is 6.83. The number of nitrogens with zero attached hydrogens (tertiary/aromatic N) is 3. The topological polar surface area (TPSA) is 76.5 Å². The van der Waals surface area contributed by atoms with Crippen LogP contribution in [0.1, 0.15) is 61.5 Å². The molecule has 39 heavy (non-hydrogen) atoms. The van der Waals surface area contributed by atoms with Crippen molar-refractivity contribution in [1.29, 1.82) is 0 Å². The average molecular weight is 523 g/mol. The van der Waals surface area contributed by atoms with Crippen LogP contribution < -0.4 is 5.32 Å². The van der Waals surface area contributed by atoms with E-state index in [0.717, 1.165) is 47.2 Å². The standard InChI is InChI=1S/C32H34N4O3/c1-32(2,3)39-31(38)36-27-8-7-21(20-35-13-5-4-6-14-35)15-24(27)18-28(36)26-17-23(22-9-11-33-12-10-22)16-25-19-34-30(37)29(25)26/h7-12,15-18H,4-6,13-14,19-20H2,1-3H3,(H,34,37). The third-order valence-corrected chi connectivity index (χ3v) is 7.47. The van der Waals surface area contributed by atoms with Gasteiger partial charge in [0, 0.05) is 36.4 Å². The molecule has 0 atom stereocenters. The summed E-state index contributed by atoms with van der Waals surface area (Å²) in [6.45, 7) is 9.16. The van der Waals surface area contributed by atoms with Crippen molar-refractivity contribution in [3.8, 4) is 22.4 Å². The molecule has 0 bridgehead atoms. The highest BCUT2D eigenvalue weighted by Crippen LogP contribution is 2.38. The summed E-state index contributed by atoms with van der Waals surface area (Å²) in [5.74, 6) is -0.131. The highest BCUT2D eigenvalue weighted by Gasteiger charge is 2.29. The lowest BCUT2D eigenvalue weighted by Crippen LogP contribution is -2.29. The first-order valence-electron chi connectivity index (χ1n) is 13.7. The van der Waals surface area contributed by atoms with Gasteiger partial charge >= 0.3 is 6.09 Å². The van der Waals surface area contributed by atoms with E-state index in [1.165, 1.54) is 24.8 Å². The maximum atomic E-state index is 13.7. The zero-order valence-corrected chi connectivity index (χ0v) is 22.8. The first-order chi connectivity index (χ1) is 18.8. The summed E-state index contributed by atoms with van der Waals surface area (Å²) in [7, 11) is 0. The Morgan fingerprint density at radius 2 is 1.74 bits per heavy atom. The molecule has 200 valence electrons. The van der Waals surface area contributed by atoms with Gasteiger partial charge in [0.2, 0.25) is 0 Å². The molecule has 1 fully saturated rings. The van der Waals surface area contributed by atoms with Gasteiger partial charge in [-0.1, -0.05) is 12.5 Å². The molecule has 2 aromatic heterocycles. The minimum Gasteiger partial charge on any atom is -0.443 e. The number of hydrogen-bond acceptors (Lipinski definition) is 5. The van der Waals surface area contributed by atoms with Gasteiger partial charge in [-0.2, -0.15) is 0 Å². The fourth-order valence-electron chi connectivity index (χ4n) is 5.73. The van der Waals surface area contributed by atoms with Crippen LogP contribution in [0.3, 0.4) is 0 Å². The van der Waals surface area contributed by atoms with Gasteiger partial charge in [0.1, 0.15) is 5.60 Å². The van der Waals surface area contributed by atoms with Crippen molar-refractivity contribution < 1.29 is 14.3 Å². The van der Waals surface area contributed by atoms with Crippen LogP contribution in [0.15, 0.2) is 60.9 Å². The quantitative estimate of drug-likeness (QED) is 0.336. The number of piperidine rings is 1. The lowest BCUT2D eigenvalue weighted by Gasteiger charge is -2.26. The Morgan fingerprint density at radius 3 is 2.49 bits per heavy atom. The lowest BCUT2D eigenvalue weighted by atomic mass is 9.94. The summed E-state index contributed by atoms with van der Waals surface area (Å²) >= 11 is 0. The van der Waals surface area contributed by atoms with Crippen LogP contribution >= 0.6 is 0 Å². The molecule has 4 heterocycles. The van der Waals surface area contributed by atoms with Crippen molar-refractivity contribution in [2.24, 2.45) is 0 Å². The molecule has 7 nitrogen and oxygen atoms in total. The Kier molecular flexibility index (Phi) is 6.47. The summed E-state index contributed by atoms with van der Waals surface area (Å²) in [4.78, 5) is 33.4. The van der Waals surface area contributed by atoms with Gasteiger partial charge in [-0.05, 0) is 111 Å². The number of aromatic nitrogens is 2. The Labute approximate surface area is 228 Å². The minimum atomic E-state index is -0.669. The summed E-state index contributed by atoms with van der Waals surface area (Å²) in [5, 5.41) is 3.92. The van der Waals surface area contributed by atoms with Gasteiger partial charge in [-0.15, -0.1) is 0 Å². The van der Waals surface area contributed by atoms with Crippen molar-refractivity contribution in [2.75, 3.05) is 13.1 Å². The van der Waals surface area contributed by atoms with Crippen molar-refractivity contribution in [3.63, 3.8) is 0 Å². The van der Waals surface area contributed by atoms with Crippen LogP contribution in [-0.4, -0.2) is 45.1 Å². The number of ether oxygens (including phenoxy) is 1. The Balaban J connectivity index is 1.53. The molecule has 0 unspecified atom stereocenters. The van der Waals surface area contributed by atoms with Crippen LogP contribution in [0, 0.1) is 0 Å². The van der Waals surface area contributed by atoms with Gasteiger partial charge in [0.05, 0.1) is 16.8 Å². The van der Waals surface area contributed by atoms with Crippen LogP contribution in [0.25, 0.3) is 33.3 Å². The van der Waals surface area contributed by atoms with Crippen molar-refractivity contribution >= 4 is 22.9 Å². The van der Waals surface area contributed by atoms with Crippen LogP contribution in [0.4, 0.5) is 4.79 Å². The molecule has 6 rings (SSSR count). The molecular weight excluding hydrogens is 488 g/mol. The number of amides is 1. The van der Waals surface area contributed by atoms with Gasteiger partial charge in [-0.25, -0.2) is 9.36 Å². The predicted molar refractivity (Wildman–Crippen MR) is 153 cm³/mol. The molecule has 2 aliphatic heterocycles. The Hall–Kier alpha value is -3.97. The number of hydrogen-bond donors (Lipinski definition) is 1. The number of fused-ring (bicyclic) bond motifs is 2. The second-order valence-electron chi connectivity index (χ2n) is 11.6. The molecule has 1 N–H and O–H groups in total. The van der Waals surface area contributed by atoms with Crippen molar-refractivity contribution in [2.45, 2.75) is 58.7 Å². The molecule has 2 aromatic carbocycles. The molecule has 2 aliphatic rings. The zero-order chi connectivity index (χ0) is 27.1. The lowest BCUT2D eigenvalue weighted by molar-refractivity contribution is 0.0547. The van der Waals surface area contributed by atoms with Crippen molar-refractivity contribution in [3.05, 3.63) is 77.6 Å². The third kappa shape index (κ3) is 5.06. The zero-order valence-electron chi connectivity index (χ0n) is 22.8. The summed E-state index contributed by atoms with van der Waals surface area (Å²) in [6, 6.07) is 16.3. The molecular formula is C32H34N4O3. The van der Waals surface area contributed by atoms with E-state index in [1.807, 2.05) is 57.2 Å². The molecule has 1 amide bonds. The number of nitrogens with one attached hydrogen (secondary N) is 1. The van der Waals surface area contributed by atoms with Crippen LogP contribution in [0.2, 0.25) is 0 Å². The Bertz CT molecular complexity index is 1560. The molecule has 4 aromatic rings. The van der Waals surface area contributed by atoms with E-state index in [0.29, 0.717) is 23.4 Å². The number of pyridine rings is 1. The molecule has 0 aliphatic carbocycles. The number of carbonyl (C=O) groups is 2. The fraction of sp³-hybridized carbons (Fsp3) is 0.344. The van der Waals surface area contributed by atoms with Crippen molar-refractivity contribution in [1.82, 2.24) is 19.8 Å². The Morgan fingerprint density at radius 1 is 0.974 bits per heavy atom. The second kappa shape index (κ2) is 9.97. The van der Waals surface area contributed by atoms with E-state index in [2.05, 4.69) is 27.3 Å². The first kappa shape index (κ1) is 25.3. The highest BCUT2D eigenvalue weighted by atomic mass is 16.6. The van der Waals surface area contributed by atoms with Gasteiger partial charge in [-0.3, -0.25) is 14.7 Å². The summed E-state index contributed by atoms with van der Waals surface area (Å²) < 4.78 is 7.50. The first-order valence-corrected chi connectivity index (χ1v) is 13.7.